The molecule has 122 valence electrons. The summed E-state index contributed by atoms with van der Waals surface area (Å²) in [6, 6.07) is 6.67. The first-order valence-corrected chi connectivity index (χ1v) is 8.60. The fourth-order valence-corrected chi connectivity index (χ4v) is 2.82. The molecule has 7 heteroatoms. The Kier molecular flexibility index (Phi) is 5.36. The van der Waals surface area contributed by atoms with Gasteiger partial charge in [-0.1, -0.05) is 25.5 Å². The number of hydrogen-bond donors (Lipinski definition) is 3. The number of hydrazine groups is 1. The van der Waals surface area contributed by atoms with E-state index in [4.69, 9.17) is 0 Å². The van der Waals surface area contributed by atoms with Crippen molar-refractivity contribution in [3.05, 3.63) is 65.6 Å². The van der Waals surface area contributed by atoms with E-state index in [0.717, 1.165) is 18.4 Å². The Balaban J connectivity index is 2.02. The zero-order valence-corrected chi connectivity index (χ0v) is 13.4. The molecular weight excluding hydrogens is 316 g/mol. The second kappa shape index (κ2) is 7.26. The van der Waals surface area contributed by atoms with E-state index in [0.29, 0.717) is 5.57 Å². The number of aliphatic hydroxyl groups excluding tert-OH is 1. The van der Waals surface area contributed by atoms with Gasteiger partial charge in [-0.25, -0.2) is 8.42 Å². The van der Waals surface area contributed by atoms with Crippen LogP contribution in [0.25, 0.3) is 0 Å². The largest absolute Gasteiger partial charge is 0.504 e. The lowest BCUT2D eigenvalue weighted by molar-refractivity contribution is -0.113. The van der Waals surface area contributed by atoms with Gasteiger partial charge in [0.25, 0.3) is 10.0 Å². The fourth-order valence-electron chi connectivity index (χ4n) is 2.00. The predicted octanol–water partition coefficient (Wildman–Crippen LogP) is 1.89. The van der Waals surface area contributed by atoms with Crippen LogP contribution in [0.4, 0.5) is 0 Å². The molecule has 0 amide bonds. The van der Waals surface area contributed by atoms with Gasteiger partial charge in [0.1, 0.15) is 0 Å². The minimum absolute atomic E-state index is 0.149. The van der Waals surface area contributed by atoms with Crippen LogP contribution >= 0.6 is 0 Å². The van der Waals surface area contributed by atoms with Gasteiger partial charge in [-0.3, -0.25) is 4.79 Å². The Labute approximate surface area is 135 Å². The van der Waals surface area contributed by atoms with Crippen LogP contribution in [0.3, 0.4) is 0 Å². The zero-order valence-electron chi connectivity index (χ0n) is 12.6. The molecule has 0 saturated carbocycles. The first-order chi connectivity index (χ1) is 10.9. The van der Waals surface area contributed by atoms with Crippen LogP contribution in [0.15, 0.2) is 64.9 Å². The number of carbonyl (C=O) groups is 1. The molecule has 2 rings (SSSR count). The number of sulfonamides is 1. The SMILES string of the molecule is CCCc1ccc(S(=O)(=O)NN/C=C2/C=CC(=O)C(O)=C2)cc1. The molecule has 0 fully saturated rings. The highest BCUT2D eigenvalue weighted by Crippen LogP contribution is 2.12. The maximum absolute atomic E-state index is 12.1. The molecule has 0 atom stereocenters. The van der Waals surface area contributed by atoms with Crippen molar-refractivity contribution in [3.63, 3.8) is 0 Å². The summed E-state index contributed by atoms with van der Waals surface area (Å²) >= 11 is 0. The maximum Gasteiger partial charge on any atom is 0.257 e. The van der Waals surface area contributed by atoms with Crippen LogP contribution in [0.1, 0.15) is 18.9 Å². The summed E-state index contributed by atoms with van der Waals surface area (Å²) in [5.41, 5.74) is 3.99. The van der Waals surface area contributed by atoms with E-state index in [2.05, 4.69) is 17.2 Å². The van der Waals surface area contributed by atoms with Crippen molar-refractivity contribution >= 4 is 15.8 Å². The lowest BCUT2D eigenvalue weighted by atomic mass is 10.1. The smallest absolute Gasteiger partial charge is 0.257 e. The topological polar surface area (TPSA) is 95.5 Å². The van der Waals surface area contributed by atoms with Crippen molar-refractivity contribution in [2.45, 2.75) is 24.7 Å². The summed E-state index contributed by atoms with van der Waals surface area (Å²) in [5.74, 6) is -0.884. The average molecular weight is 334 g/mol. The molecule has 1 aliphatic rings. The van der Waals surface area contributed by atoms with Crippen LogP contribution in [-0.4, -0.2) is 19.3 Å². The molecule has 1 aromatic carbocycles. The van der Waals surface area contributed by atoms with Crippen molar-refractivity contribution < 1.29 is 18.3 Å². The summed E-state index contributed by atoms with van der Waals surface area (Å²) in [6.07, 6.45) is 7.13. The van der Waals surface area contributed by atoms with Crippen molar-refractivity contribution in [1.29, 1.82) is 0 Å². The lowest BCUT2D eigenvalue weighted by Crippen LogP contribution is -2.33. The monoisotopic (exact) mass is 334 g/mol. The lowest BCUT2D eigenvalue weighted by Gasteiger charge is -2.08. The van der Waals surface area contributed by atoms with Gasteiger partial charge in [0.2, 0.25) is 5.78 Å². The molecule has 0 aromatic heterocycles. The van der Waals surface area contributed by atoms with E-state index in [9.17, 15) is 18.3 Å². The molecular formula is C16H18N2O4S. The summed E-state index contributed by atoms with van der Waals surface area (Å²) in [6.45, 7) is 2.06. The van der Waals surface area contributed by atoms with Crippen LogP contribution in [0.2, 0.25) is 0 Å². The molecule has 0 bridgehead atoms. The normalized spacial score (nSPS) is 16.5. The average Bonchev–Trinajstić information content (AvgIpc) is 2.51. The summed E-state index contributed by atoms with van der Waals surface area (Å²) < 4.78 is 24.2. The number of aliphatic hydroxyl groups is 1. The Morgan fingerprint density at radius 2 is 1.87 bits per heavy atom. The minimum Gasteiger partial charge on any atom is -0.504 e. The number of aryl methyl sites for hydroxylation is 1. The van der Waals surface area contributed by atoms with E-state index < -0.39 is 21.6 Å². The molecule has 6 nitrogen and oxygen atoms in total. The number of benzene rings is 1. The second-order valence-electron chi connectivity index (χ2n) is 5.02. The van der Waals surface area contributed by atoms with Gasteiger partial charge >= 0.3 is 0 Å². The first kappa shape index (κ1) is 17.0. The number of nitrogens with one attached hydrogen (secondary N) is 2. The molecule has 0 spiro atoms. The number of allylic oxidation sites excluding steroid dienone is 4. The van der Waals surface area contributed by atoms with Crippen LogP contribution in [0.5, 0.6) is 0 Å². The number of carbonyl (C=O) groups excluding carboxylic acids is 1. The van der Waals surface area contributed by atoms with Gasteiger partial charge in [0, 0.05) is 6.20 Å². The van der Waals surface area contributed by atoms with Crippen molar-refractivity contribution in [1.82, 2.24) is 10.3 Å². The fraction of sp³-hybridized carbons (Fsp3) is 0.188. The van der Waals surface area contributed by atoms with Crippen LogP contribution in [-0.2, 0) is 21.2 Å². The Morgan fingerprint density at radius 1 is 1.17 bits per heavy atom. The van der Waals surface area contributed by atoms with E-state index in [1.54, 1.807) is 24.3 Å². The minimum atomic E-state index is -3.70. The van der Waals surface area contributed by atoms with Crippen molar-refractivity contribution in [2.75, 3.05) is 0 Å². The summed E-state index contributed by atoms with van der Waals surface area (Å²) in [5, 5.41) is 9.31. The first-order valence-electron chi connectivity index (χ1n) is 7.12. The number of ketones is 1. The van der Waals surface area contributed by atoms with Gasteiger partial charge in [-0.2, -0.15) is 0 Å². The highest BCUT2D eigenvalue weighted by Gasteiger charge is 2.13. The third kappa shape index (κ3) is 4.54. The summed E-state index contributed by atoms with van der Waals surface area (Å²) in [7, 11) is -3.70. The molecule has 1 aromatic rings. The maximum atomic E-state index is 12.1. The highest BCUT2D eigenvalue weighted by atomic mass is 32.2. The second-order valence-corrected chi connectivity index (χ2v) is 6.70. The molecule has 23 heavy (non-hydrogen) atoms. The predicted molar refractivity (Wildman–Crippen MR) is 86.8 cm³/mol. The van der Waals surface area contributed by atoms with E-state index >= 15 is 0 Å². The molecule has 1 aliphatic carbocycles. The third-order valence-corrected chi connectivity index (χ3v) is 4.47. The summed E-state index contributed by atoms with van der Waals surface area (Å²) in [4.78, 5) is 13.4. The Morgan fingerprint density at radius 3 is 2.48 bits per heavy atom. The molecule has 3 N–H and O–H groups in total. The van der Waals surface area contributed by atoms with Gasteiger partial charge in [0.05, 0.1) is 4.90 Å². The molecule has 0 unspecified atom stereocenters. The van der Waals surface area contributed by atoms with Gasteiger partial charge in [-0.15, -0.1) is 4.83 Å². The third-order valence-electron chi connectivity index (χ3n) is 3.19. The van der Waals surface area contributed by atoms with Gasteiger partial charge in [-0.05, 0) is 47.9 Å². The molecule has 0 heterocycles. The quantitative estimate of drug-likeness (QED) is 0.691. The van der Waals surface area contributed by atoms with Crippen LogP contribution < -0.4 is 10.3 Å². The number of rotatable bonds is 6. The Hall–Kier alpha value is -2.38. The highest BCUT2D eigenvalue weighted by molar-refractivity contribution is 7.89. The zero-order chi connectivity index (χ0) is 16.9. The van der Waals surface area contributed by atoms with E-state index in [1.807, 2.05) is 0 Å². The standard InChI is InChI=1S/C16H18N2O4S/c1-2-3-12-4-7-14(8-5-12)23(21,22)18-17-11-13-6-9-15(19)16(20)10-13/h4-11,17-18,20H,2-3H2,1H3/b13-11-. The molecule has 0 radical (unpaired) electrons. The Bertz CT molecular complexity index is 775. The van der Waals surface area contributed by atoms with Crippen molar-refractivity contribution in [2.24, 2.45) is 0 Å². The molecule has 0 aliphatic heterocycles. The van der Waals surface area contributed by atoms with Crippen molar-refractivity contribution in [3.8, 4) is 0 Å². The van der Waals surface area contributed by atoms with Crippen LogP contribution in [0, 0.1) is 0 Å². The van der Waals surface area contributed by atoms with Gasteiger partial charge < -0.3 is 10.5 Å². The number of hydrogen-bond acceptors (Lipinski definition) is 5. The molecule has 0 saturated heterocycles. The van der Waals surface area contributed by atoms with Gasteiger partial charge in [0.15, 0.2) is 5.76 Å². The van der Waals surface area contributed by atoms with E-state index in [-0.39, 0.29) is 4.90 Å². The van der Waals surface area contributed by atoms with E-state index in [1.165, 1.54) is 24.4 Å².